The molecule has 1 N–H and O–H groups in total. The maximum atomic E-state index is 13.7. The Balaban J connectivity index is 1.69. The SMILES string of the molecule is O=C(Cc1c(Cl)cccc1Cl)Nc1nc2nc(-c3ccccc3)cc(C(F)(F)F)c2s1. The standard InChI is InChI=1S/C21H12Cl2F3N3OS/c22-14-7-4-8-15(23)12(14)9-17(30)28-20-29-19-18(31-20)13(21(24,25)26)10-16(27-19)11-5-2-1-3-6-11/h1-8,10H,9H2,(H,27,28,29,30). The minimum atomic E-state index is -4.61. The third-order valence-corrected chi connectivity index (χ3v) is 6.08. The fraction of sp³-hybridized carbons (Fsp3) is 0.0952. The van der Waals surface area contributed by atoms with Crippen LogP contribution >= 0.6 is 34.5 Å². The van der Waals surface area contributed by atoms with Crippen molar-refractivity contribution in [2.45, 2.75) is 12.6 Å². The van der Waals surface area contributed by atoms with Crippen LogP contribution in [0.2, 0.25) is 10.0 Å². The normalized spacial score (nSPS) is 11.6. The molecule has 0 saturated heterocycles. The van der Waals surface area contributed by atoms with E-state index in [0.717, 1.165) is 6.07 Å². The predicted molar refractivity (Wildman–Crippen MR) is 117 cm³/mol. The number of thiazole rings is 1. The van der Waals surface area contributed by atoms with E-state index in [4.69, 9.17) is 23.2 Å². The molecule has 31 heavy (non-hydrogen) atoms. The Hall–Kier alpha value is -2.68. The molecule has 158 valence electrons. The summed E-state index contributed by atoms with van der Waals surface area (Å²) in [6.07, 6.45) is -4.76. The highest BCUT2D eigenvalue weighted by Crippen LogP contribution is 2.40. The van der Waals surface area contributed by atoms with Gasteiger partial charge >= 0.3 is 6.18 Å². The van der Waals surface area contributed by atoms with Crippen molar-refractivity contribution < 1.29 is 18.0 Å². The summed E-state index contributed by atoms with van der Waals surface area (Å²) < 4.78 is 40.9. The van der Waals surface area contributed by atoms with Crippen molar-refractivity contribution in [3.05, 3.63) is 75.8 Å². The van der Waals surface area contributed by atoms with E-state index in [9.17, 15) is 18.0 Å². The molecule has 0 bridgehead atoms. The Kier molecular flexibility index (Phi) is 5.88. The van der Waals surface area contributed by atoms with Gasteiger partial charge in [0.2, 0.25) is 5.91 Å². The fourth-order valence-corrected chi connectivity index (χ4v) is 4.45. The molecule has 0 aliphatic carbocycles. The highest BCUT2D eigenvalue weighted by molar-refractivity contribution is 7.22. The summed E-state index contributed by atoms with van der Waals surface area (Å²) >= 11 is 12.9. The molecule has 0 spiro atoms. The number of hydrogen-bond acceptors (Lipinski definition) is 4. The van der Waals surface area contributed by atoms with E-state index >= 15 is 0 Å². The van der Waals surface area contributed by atoms with Crippen molar-refractivity contribution in [1.82, 2.24) is 9.97 Å². The van der Waals surface area contributed by atoms with Gasteiger partial charge in [0.1, 0.15) is 0 Å². The number of halogens is 5. The predicted octanol–water partition coefficient (Wildman–Crippen LogP) is 6.87. The first-order valence-electron chi connectivity index (χ1n) is 8.89. The summed E-state index contributed by atoms with van der Waals surface area (Å²) in [4.78, 5) is 20.8. The van der Waals surface area contributed by atoms with E-state index < -0.39 is 17.6 Å². The molecule has 0 atom stereocenters. The van der Waals surface area contributed by atoms with E-state index in [1.54, 1.807) is 48.5 Å². The lowest BCUT2D eigenvalue weighted by molar-refractivity contribution is -0.136. The second-order valence-corrected chi connectivity index (χ2v) is 8.33. The first kappa shape index (κ1) is 21.5. The van der Waals surface area contributed by atoms with E-state index in [2.05, 4.69) is 15.3 Å². The average Bonchev–Trinajstić information content (AvgIpc) is 3.12. The van der Waals surface area contributed by atoms with Gasteiger partial charge in [0.05, 0.1) is 22.4 Å². The summed E-state index contributed by atoms with van der Waals surface area (Å²) in [6.45, 7) is 0. The molecule has 1 amide bonds. The lowest BCUT2D eigenvalue weighted by atomic mass is 10.1. The van der Waals surface area contributed by atoms with Crippen molar-refractivity contribution >= 4 is 55.9 Å². The van der Waals surface area contributed by atoms with Crippen LogP contribution in [0, 0.1) is 0 Å². The molecule has 0 radical (unpaired) electrons. The number of anilines is 1. The number of pyridine rings is 1. The number of benzene rings is 2. The van der Waals surface area contributed by atoms with Gasteiger partial charge in [0.15, 0.2) is 10.8 Å². The average molecular weight is 482 g/mol. The summed E-state index contributed by atoms with van der Waals surface area (Å²) in [6, 6.07) is 14.3. The molecule has 10 heteroatoms. The number of nitrogens with one attached hydrogen (secondary N) is 1. The van der Waals surface area contributed by atoms with Gasteiger partial charge in [-0.15, -0.1) is 0 Å². The summed E-state index contributed by atoms with van der Waals surface area (Å²) in [5.74, 6) is -0.508. The Labute approximate surface area is 188 Å². The number of aromatic nitrogens is 2. The molecule has 4 nitrogen and oxygen atoms in total. The van der Waals surface area contributed by atoms with E-state index in [0.29, 0.717) is 32.5 Å². The van der Waals surface area contributed by atoms with Crippen LogP contribution in [0.25, 0.3) is 21.6 Å². The van der Waals surface area contributed by atoms with Crippen molar-refractivity contribution in [1.29, 1.82) is 0 Å². The number of amides is 1. The molecule has 4 aromatic rings. The number of carbonyl (C=O) groups is 1. The summed E-state index contributed by atoms with van der Waals surface area (Å²) in [5.41, 5.74) is 0.145. The molecular formula is C21H12Cl2F3N3OS. The van der Waals surface area contributed by atoms with Crippen LogP contribution in [-0.2, 0) is 17.4 Å². The molecule has 2 aromatic carbocycles. The number of carbonyl (C=O) groups excluding carboxylic acids is 1. The maximum absolute atomic E-state index is 13.7. The molecule has 0 unspecified atom stereocenters. The first-order chi connectivity index (χ1) is 14.7. The van der Waals surface area contributed by atoms with Crippen LogP contribution in [0.1, 0.15) is 11.1 Å². The van der Waals surface area contributed by atoms with E-state index in [1.807, 2.05) is 0 Å². The molecule has 0 saturated carbocycles. The number of hydrogen-bond donors (Lipinski definition) is 1. The van der Waals surface area contributed by atoms with Gasteiger partial charge < -0.3 is 5.32 Å². The maximum Gasteiger partial charge on any atom is 0.417 e. The van der Waals surface area contributed by atoms with Gasteiger partial charge in [-0.05, 0) is 23.8 Å². The zero-order chi connectivity index (χ0) is 22.2. The second kappa shape index (κ2) is 8.45. The minimum Gasteiger partial charge on any atom is -0.302 e. The van der Waals surface area contributed by atoms with Crippen molar-refractivity contribution in [3.8, 4) is 11.3 Å². The van der Waals surface area contributed by atoms with E-state index in [-0.39, 0.29) is 27.6 Å². The Morgan fingerprint density at radius 3 is 2.32 bits per heavy atom. The fourth-order valence-electron chi connectivity index (χ4n) is 2.96. The van der Waals surface area contributed by atoms with Crippen molar-refractivity contribution in [2.75, 3.05) is 5.32 Å². The third-order valence-electron chi connectivity index (χ3n) is 4.38. The van der Waals surface area contributed by atoms with Crippen LogP contribution in [0.4, 0.5) is 18.3 Å². The van der Waals surface area contributed by atoms with E-state index in [1.165, 1.54) is 0 Å². The molecule has 2 aromatic heterocycles. The molecule has 0 aliphatic heterocycles. The molecule has 4 rings (SSSR count). The van der Waals surface area contributed by atoms with Gasteiger partial charge in [0.25, 0.3) is 0 Å². The summed E-state index contributed by atoms with van der Waals surface area (Å²) in [5, 5.41) is 3.16. The highest BCUT2D eigenvalue weighted by Gasteiger charge is 2.35. The van der Waals surface area contributed by atoms with Crippen LogP contribution < -0.4 is 5.32 Å². The number of alkyl halides is 3. The quantitative estimate of drug-likeness (QED) is 0.346. The van der Waals surface area contributed by atoms with Gasteiger partial charge in [-0.3, -0.25) is 4.79 Å². The second-order valence-electron chi connectivity index (χ2n) is 6.52. The zero-order valence-corrected chi connectivity index (χ0v) is 17.8. The smallest absolute Gasteiger partial charge is 0.302 e. The topological polar surface area (TPSA) is 54.9 Å². The Morgan fingerprint density at radius 2 is 1.68 bits per heavy atom. The van der Waals surface area contributed by atoms with Gasteiger partial charge in [0, 0.05) is 15.6 Å². The molecule has 2 heterocycles. The number of nitrogens with zero attached hydrogens (tertiary/aromatic N) is 2. The number of rotatable bonds is 4. The molecule has 0 aliphatic rings. The lowest BCUT2D eigenvalue weighted by Crippen LogP contribution is -2.14. The van der Waals surface area contributed by atoms with Crippen LogP contribution in [0.15, 0.2) is 54.6 Å². The van der Waals surface area contributed by atoms with Crippen LogP contribution in [-0.4, -0.2) is 15.9 Å². The van der Waals surface area contributed by atoms with Gasteiger partial charge in [-0.25, -0.2) is 4.98 Å². The van der Waals surface area contributed by atoms with Gasteiger partial charge in [-0.2, -0.15) is 18.2 Å². The summed E-state index contributed by atoms with van der Waals surface area (Å²) in [7, 11) is 0. The monoisotopic (exact) mass is 481 g/mol. The zero-order valence-electron chi connectivity index (χ0n) is 15.5. The minimum absolute atomic E-state index is 0.00591. The van der Waals surface area contributed by atoms with Gasteiger partial charge in [-0.1, -0.05) is 70.9 Å². The molecular weight excluding hydrogens is 470 g/mol. The Bertz CT molecular complexity index is 1260. The van der Waals surface area contributed by atoms with Crippen LogP contribution in [0.5, 0.6) is 0 Å². The number of fused-ring (bicyclic) bond motifs is 1. The van der Waals surface area contributed by atoms with Crippen LogP contribution in [0.3, 0.4) is 0 Å². The van der Waals surface area contributed by atoms with Crippen molar-refractivity contribution in [2.24, 2.45) is 0 Å². The third kappa shape index (κ3) is 4.66. The lowest BCUT2D eigenvalue weighted by Gasteiger charge is -2.09. The molecule has 0 fully saturated rings. The Morgan fingerprint density at radius 1 is 1.00 bits per heavy atom. The highest BCUT2D eigenvalue weighted by atomic mass is 35.5. The first-order valence-corrected chi connectivity index (χ1v) is 10.5. The van der Waals surface area contributed by atoms with Crippen molar-refractivity contribution in [3.63, 3.8) is 0 Å². The largest absolute Gasteiger partial charge is 0.417 e.